The molecule has 0 aliphatic heterocycles. The van der Waals surface area contributed by atoms with E-state index in [1.165, 1.54) is 0 Å². The zero-order valence-corrected chi connectivity index (χ0v) is 8.20. The lowest BCUT2D eigenvalue weighted by Gasteiger charge is -2.05. The second kappa shape index (κ2) is 3.53. The third kappa shape index (κ3) is 1.40. The zero-order valence-electron chi connectivity index (χ0n) is 7.38. The minimum absolute atomic E-state index is 0.694. The van der Waals surface area contributed by atoms with Crippen molar-refractivity contribution in [3.8, 4) is 0 Å². The van der Waals surface area contributed by atoms with Gasteiger partial charge in [-0.2, -0.15) is 0 Å². The summed E-state index contributed by atoms with van der Waals surface area (Å²) in [4.78, 5) is 4.82. The molecule has 1 aromatic rings. The molecule has 1 heterocycles. The number of nitrogens with zero attached hydrogens (tertiary/aromatic N) is 2. The van der Waals surface area contributed by atoms with Gasteiger partial charge in [-0.25, -0.2) is 4.98 Å². The molecule has 0 aromatic carbocycles. The largest absolute Gasteiger partial charge is 0.378 e. The highest BCUT2D eigenvalue weighted by Gasteiger charge is 2.10. The van der Waals surface area contributed by atoms with Gasteiger partial charge < -0.3 is 15.2 Å². The molecule has 0 aliphatic rings. The van der Waals surface area contributed by atoms with Crippen molar-refractivity contribution in [3.63, 3.8) is 0 Å². The standard InChI is InChI=1S/C7H12N4S/c1-8-6-5(7(12)9-2)11(3)4-10-6/h4,8H,1-3H3,(H,9,12). The maximum atomic E-state index is 5.10. The number of aromatic nitrogens is 2. The fraction of sp³-hybridized carbons (Fsp3) is 0.429. The van der Waals surface area contributed by atoms with Crippen molar-refractivity contribution in [2.75, 3.05) is 19.4 Å². The van der Waals surface area contributed by atoms with Crippen molar-refractivity contribution in [3.05, 3.63) is 12.0 Å². The summed E-state index contributed by atoms with van der Waals surface area (Å²) < 4.78 is 1.88. The molecule has 0 amide bonds. The SMILES string of the molecule is CNC(=S)c1c(NC)ncn1C. The number of imidazole rings is 1. The highest BCUT2D eigenvalue weighted by Crippen LogP contribution is 2.11. The molecule has 0 fully saturated rings. The first-order valence-electron chi connectivity index (χ1n) is 3.61. The van der Waals surface area contributed by atoms with Crippen LogP contribution in [0.5, 0.6) is 0 Å². The van der Waals surface area contributed by atoms with Crippen LogP contribution in [0.15, 0.2) is 6.33 Å². The molecule has 0 saturated heterocycles. The number of rotatable bonds is 2. The van der Waals surface area contributed by atoms with E-state index in [4.69, 9.17) is 12.2 Å². The van der Waals surface area contributed by atoms with Gasteiger partial charge in [0.15, 0.2) is 5.82 Å². The van der Waals surface area contributed by atoms with Gasteiger partial charge in [-0.3, -0.25) is 0 Å². The summed E-state index contributed by atoms with van der Waals surface area (Å²) >= 11 is 5.10. The minimum atomic E-state index is 0.694. The molecule has 5 heteroatoms. The zero-order chi connectivity index (χ0) is 9.14. The fourth-order valence-corrected chi connectivity index (χ4v) is 1.24. The van der Waals surface area contributed by atoms with E-state index < -0.39 is 0 Å². The number of hydrogen-bond acceptors (Lipinski definition) is 3. The Balaban J connectivity index is 3.10. The molecule has 2 N–H and O–H groups in total. The summed E-state index contributed by atoms with van der Waals surface area (Å²) in [6.45, 7) is 0. The molecule has 66 valence electrons. The Morgan fingerprint density at radius 3 is 2.75 bits per heavy atom. The molecule has 0 unspecified atom stereocenters. The van der Waals surface area contributed by atoms with Crippen molar-refractivity contribution in [1.29, 1.82) is 0 Å². The van der Waals surface area contributed by atoms with Gasteiger partial charge in [0.05, 0.1) is 6.33 Å². The Hall–Kier alpha value is -1.10. The van der Waals surface area contributed by atoms with Gasteiger partial charge in [-0.05, 0) is 0 Å². The Kier molecular flexibility index (Phi) is 2.65. The monoisotopic (exact) mass is 184 g/mol. The second-order valence-corrected chi connectivity index (χ2v) is 2.79. The van der Waals surface area contributed by atoms with Crippen LogP contribution in [0.1, 0.15) is 5.69 Å². The van der Waals surface area contributed by atoms with E-state index in [1.807, 2.05) is 18.7 Å². The Bertz CT molecular complexity index is 292. The molecule has 0 saturated carbocycles. The maximum absolute atomic E-state index is 5.10. The van der Waals surface area contributed by atoms with Gasteiger partial charge in [0.2, 0.25) is 0 Å². The van der Waals surface area contributed by atoms with E-state index in [0.717, 1.165) is 11.5 Å². The van der Waals surface area contributed by atoms with E-state index in [9.17, 15) is 0 Å². The van der Waals surface area contributed by atoms with E-state index >= 15 is 0 Å². The molecular formula is C7H12N4S. The third-order valence-corrected chi connectivity index (χ3v) is 2.01. The molecule has 1 aromatic heterocycles. The minimum Gasteiger partial charge on any atom is -0.378 e. The van der Waals surface area contributed by atoms with Crippen LogP contribution < -0.4 is 10.6 Å². The molecule has 0 atom stereocenters. The molecule has 1 rings (SSSR count). The summed E-state index contributed by atoms with van der Waals surface area (Å²) in [5, 5.41) is 5.89. The van der Waals surface area contributed by atoms with Gasteiger partial charge in [0.25, 0.3) is 0 Å². The molecule has 4 nitrogen and oxygen atoms in total. The predicted octanol–water partition coefficient (Wildman–Crippen LogP) is 0.357. The molecule has 12 heavy (non-hydrogen) atoms. The van der Waals surface area contributed by atoms with Crippen molar-refractivity contribution in [1.82, 2.24) is 14.9 Å². The first kappa shape index (κ1) is 8.99. The lowest BCUT2D eigenvalue weighted by molar-refractivity contribution is 0.898. The summed E-state index contributed by atoms with van der Waals surface area (Å²) in [6, 6.07) is 0. The smallest absolute Gasteiger partial charge is 0.154 e. The third-order valence-electron chi connectivity index (χ3n) is 1.62. The molecular weight excluding hydrogens is 172 g/mol. The van der Waals surface area contributed by atoms with Crippen LogP contribution in [0.3, 0.4) is 0 Å². The van der Waals surface area contributed by atoms with Crippen LogP contribution in [0.2, 0.25) is 0 Å². The Morgan fingerprint density at radius 1 is 1.58 bits per heavy atom. The first-order valence-corrected chi connectivity index (χ1v) is 4.02. The fourth-order valence-electron chi connectivity index (χ4n) is 0.999. The quantitative estimate of drug-likeness (QED) is 0.651. The van der Waals surface area contributed by atoms with E-state index in [0.29, 0.717) is 4.99 Å². The summed E-state index contributed by atoms with van der Waals surface area (Å²) in [5.74, 6) is 0.803. The van der Waals surface area contributed by atoms with Crippen LogP contribution >= 0.6 is 12.2 Å². The van der Waals surface area contributed by atoms with Crippen molar-refractivity contribution < 1.29 is 0 Å². The lowest BCUT2D eigenvalue weighted by atomic mass is 10.4. The van der Waals surface area contributed by atoms with Gasteiger partial charge in [-0.15, -0.1) is 0 Å². The Morgan fingerprint density at radius 2 is 2.25 bits per heavy atom. The Labute approximate surface area is 77.0 Å². The molecule has 0 aliphatic carbocycles. The number of anilines is 1. The topological polar surface area (TPSA) is 41.9 Å². The van der Waals surface area contributed by atoms with E-state index in [-0.39, 0.29) is 0 Å². The normalized spacial score (nSPS) is 9.58. The van der Waals surface area contributed by atoms with Crippen LogP contribution in [-0.4, -0.2) is 28.6 Å². The van der Waals surface area contributed by atoms with Crippen LogP contribution in [0.4, 0.5) is 5.82 Å². The average molecular weight is 184 g/mol. The van der Waals surface area contributed by atoms with Crippen LogP contribution in [0.25, 0.3) is 0 Å². The lowest BCUT2D eigenvalue weighted by Crippen LogP contribution is -2.20. The predicted molar refractivity (Wildman–Crippen MR) is 53.5 cm³/mol. The highest BCUT2D eigenvalue weighted by molar-refractivity contribution is 7.80. The highest BCUT2D eigenvalue weighted by atomic mass is 32.1. The molecule has 0 bridgehead atoms. The van der Waals surface area contributed by atoms with Crippen molar-refractivity contribution in [2.45, 2.75) is 0 Å². The van der Waals surface area contributed by atoms with Crippen molar-refractivity contribution in [2.24, 2.45) is 7.05 Å². The first-order chi connectivity index (χ1) is 5.70. The van der Waals surface area contributed by atoms with Gasteiger partial charge in [0.1, 0.15) is 10.7 Å². The van der Waals surface area contributed by atoms with Crippen molar-refractivity contribution >= 4 is 23.0 Å². The number of nitrogens with one attached hydrogen (secondary N) is 2. The summed E-state index contributed by atoms with van der Waals surface area (Å²) in [6.07, 6.45) is 1.73. The maximum Gasteiger partial charge on any atom is 0.154 e. The summed E-state index contributed by atoms with van der Waals surface area (Å²) in [5.41, 5.74) is 0.912. The number of aryl methyl sites for hydroxylation is 1. The average Bonchev–Trinajstić information content (AvgIpc) is 2.45. The summed E-state index contributed by atoms with van der Waals surface area (Å²) in [7, 11) is 5.53. The van der Waals surface area contributed by atoms with Crippen LogP contribution in [0, 0.1) is 0 Å². The molecule has 0 spiro atoms. The molecule has 0 radical (unpaired) electrons. The number of thiocarbonyl (C=S) groups is 1. The second-order valence-electron chi connectivity index (χ2n) is 2.38. The van der Waals surface area contributed by atoms with E-state index in [1.54, 1.807) is 13.4 Å². The van der Waals surface area contributed by atoms with Crippen LogP contribution in [-0.2, 0) is 7.05 Å². The number of hydrogen-bond donors (Lipinski definition) is 2. The van der Waals surface area contributed by atoms with Gasteiger partial charge in [-0.1, -0.05) is 12.2 Å². The van der Waals surface area contributed by atoms with Gasteiger partial charge >= 0.3 is 0 Å². The van der Waals surface area contributed by atoms with E-state index in [2.05, 4.69) is 15.6 Å². The van der Waals surface area contributed by atoms with Gasteiger partial charge in [0, 0.05) is 21.1 Å².